The van der Waals surface area contributed by atoms with Gasteiger partial charge in [-0.15, -0.1) is 0 Å². The van der Waals surface area contributed by atoms with Crippen LogP contribution in [0.5, 0.6) is 17.2 Å². The van der Waals surface area contributed by atoms with Gasteiger partial charge in [0.25, 0.3) is 0 Å². The molecule has 0 aliphatic heterocycles. The molecule has 21 aromatic carbocycles. The van der Waals surface area contributed by atoms with Gasteiger partial charge in [-0.3, -0.25) is 15.0 Å². The quantitative estimate of drug-likeness (QED) is 0.0507. The van der Waals surface area contributed by atoms with E-state index in [1.165, 1.54) is 120 Å². The molecule has 0 saturated carbocycles. The van der Waals surface area contributed by atoms with E-state index in [0.29, 0.717) is 17.2 Å². The fourth-order valence-corrected chi connectivity index (χ4v) is 19.4. The van der Waals surface area contributed by atoms with E-state index in [1.54, 1.807) is 18.6 Å². The molecule has 0 fully saturated rings. The zero-order chi connectivity index (χ0) is 86.5. The second kappa shape index (κ2) is 35.7. The van der Waals surface area contributed by atoms with Crippen molar-refractivity contribution in [3.8, 4) is 50.6 Å². The first-order valence-corrected chi connectivity index (χ1v) is 45.3. The van der Waals surface area contributed by atoms with Crippen LogP contribution in [0.2, 0.25) is 0 Å². The summed E-state index contributed by atoms with van der Waals surface area (Å²) < 4.78 is 19.2. The van der Waals surface area contributed by atoms with Crippen LogP contribution < -0.4 is 21.2 Å². The van der Waals surface area contributed by atoms with Gasteiger partial charge in [-0.2, -0.15) is 0 Å². The highest BCUT2D eigenvalue weighted by Crippen LogP contribution is 2.47. The van der Waals surface area contributed by atoms with Gasteiger partial charge in [0.1, 0.15) is 33.8 Å². The van der Waals surface area contributed by atoms with Crippen LogP contribution in [-0.2, 0) is 0 Å². The summed E-state index contributed by atoms with van der Waals surface area (Å²) in [6, 6.07) is 165. The summed E-state index contributed by atoms with van der Waals surface area (Å²) in [5.74, 6) is 1.82. The van der Waals surface area contributed by atoms with Crippen molar-refractivity contribution in [2.24, 2.45) is 0 Å². The van der Waals surface area contributed by atoms with Gasteiger partial charge in [0.05, 0.1) is 0 Å². The molecule has 130 heavy (non-hydrogen) atoms. The van der Waals surface area contributed by atoms with Gasteiger partial charge < -0.3 is 21.2 Å². The first-order valence-electron chi connectivity index (χ1n) is 43.9. The van der Waals surface area contributed by atoms with E-state index >= 15 is 0 Å². The maximum absolute atomic E-state index is 6.41. The van der Waals surface area contributed by atoms with E-state index in [-0.39, 0.29) is 0 Å². The largest absolute Gasteiger partial charge is 1.20 e. The minimum absolute atomic E-state index is 0.608. The van der Waals surface area contributed by atoms with Crippen LogP contribution in [0.4, 0.5) is 34.1 Å². The first-order chi connectivity index (χ1) is 64.4. The molecule has 8 nitrogen and oxygen atoms in total. The normalized spacial score (nSPS) is 11.4. The number of aromatic nitrogens is 3. The van der Waals surface area contributed by atoms with Crippen LogP contribution in [0.1, 0.15) is 11.1 Å². The standard InChI is InChI=1S/C54H38N2.C40H26.3C9H7NO.Al/c1-5-13-45-35-51(31-23-41(45)9-1)55(52-32-24-42-10-2-6-14-46(42)36-52)49-27-19-39(20-28-49)17-18-40-21-29-50(30-22-40)56(53-33-25-43-11-3-7-15-47(43)37-53)54-34-26-44-12-4-8-16-48(44)38-54;1-2-12-31-26-32(25-20-27(31)10-1)40-37-17-7-5-15-35(37)39(36-16-6-8-18-38(36)40)30-23-21-29(22-24-30)34-19-9-13-28-11-3-4-14-33(28)34;3*11-8-5-1-3-7-4-2-6-10-9(7)8;/h1-38H;1-26H;3*1-6,11H;/q;;;;;+3/p-3. The fourth-order valence-electron chi connectivity index (χ4n) is 18.1. The summed E-state index contributed by atoms with van der Waals surface area (Å²) in [6.07, 6.45) is 9.63. The monoisotopic (exact) mass is 1680 g/mol. The number of hydrogen-bond donors (Lipinski definition) is 0. The van der Waals surface area contributed by atoms with Gasteiger partial charge in [0.2, 0.25) is 0 Å². The van der Waals surface area contributed by atoms with Crippen molar-refractivity contribution in [1.82, 2.24) is 15.0 Å². The zero-order valence-electron chi connectivity index (χ0n) is 70.9. The second-order valence-corrected chi connectivity index (χ2v) is 33.7. The summed E-state index contributed by atoms with van der Waals surface area (Å²) in [5, 5.41) is 23.0. The Hall–Kier alpha value is -16.8. The van der Waals surface area contributed by atoms with Crippen molar-refractivity contribution in [3.63, 3.8) is 0 Å². The average molecular weight is 1680 g/mol. The lowest BCUT2D eigenvalue weighted by molar-refractivity contribution is 0.311. The number of benzene rings is 21. The van der Waals surface area contributed by atoms with Gasteiger partial charge in [0, 0.05) is 68.9 Å². The van der Waals surface area contributed by atoms with E-state index in [9.17, 15) is 0 Å². The number of anilines is 6. The molecule has 0 spiro atoms. The average Bonchev–Trinajstić information content (AvgIpc) is 0.729. The molecule has 0 radical (unpaired) electrons. The van der Waals surface area contributed by atoms with Crippen molar-refractivity contribution in [2.75, 3.05) is 9.80 Å². The molecule has 0 aliphatic rings. The number of nitrogens with zero attached hydrogens (tertiary/aromatic N) is 5. The number of pyridine rings is 3. The Balaban J connectivity index is 0.000000119. The number of hydrogen-bond acceptors (Lipinski definition) is 8. The molecule has 0 N–H and O–H groups in total. The molecule has 0 aliphatic carbocycles. The maximum Gasteiger partial charge on any atom is 1.20 e. The fraction of sp³-hybridized carbons (Fsp3) is 0. The molecule has 0 unspecified atom stereocenters. The van der Waals surface area contributed by atoms with E-state index < -0.39 is 15.1 Å². The number of para-hydroxylation sites is 3. The smallest absolute Gasteiger partial charge is 0.576 e. The third-order valence-electron chi connectivity index (χ3n) is 24.4. The van der Waals surface area contributed by atoms with E-state index in [0.717, 1.165) is 78.0 Å². The number of fused-ring (bicyclic) bond motifs is 11. The molecule has 612 valence electrons. The molecule has 0 amide bonds. The predicted molar refractivity (Wildman–Crippen MR) is 547 cm³/mol. The molecule has 24 rings (SSSR count). The highest BCUT2D eigenvalue weighted by atomic mass is 27.3. The molecule has 0 saturated heterocycles. The van der Waals surface area contributed by atoms with E-state index in [2.05, 4.69) is 413 Å². The van der Waals surface area contributed by atoms with Gasteiger partial charge in [-0.25, -0.2) is 0 Å². The van der Waals surface area contributed by atoms with E-state index in [4.69, 9.17) is 11.4 Å². The Labute approximate surface area is 758 Å². The molecule has 9 heteroatoms. The van der Waals surface area contributed by atoms with Gasteiger partial charge in [0.15, 0.2) is 0 Å². The minimum atomic E-state index is -2.86. The van der Waals surface area contributed by atoms with Crippen LogP contribution in [-0.4, -0.2) is 30.1 Å². The third-order valence-corrected chi connectivity index (χ3v) is 25.8. The first kappa shape index (κ1) is 79.1. The van der Waals surface area contributed by atoms with Crippen molar-refractivity contribution >= 4 is 180 Å². The Morgan fingerprint density at radius 2 is 0.462 bits per heavy atom. The Morgan fingerprint density at radius 1 is 0.192 bits per heavy atom. The lowest BCUT2D eigenvalue weighted by Crippen LogP contribution is -2.37. The topological polar surface area (TPSA) is 72.8 Å². The summed E-state index contributed by atoms with van der Waals surface area (Å²) in [5.41, 5.74) is 18.9. The van der Waals surface area contributed by atoms with Crippen molar-refractivity contribution in [1.29, 1.82) is 0 Å². The highest BCUT2D eigenvalue weighted by molar-refractivity contribution is 6.40. The van der Waals surface area contributed by atoms with Crippen LogP contribution >= 0.6 is 0 Å². The summed E-state index contributed by atoms with van der Waals surface area (Å²) in [6.45, 7) is 0. The van der Waals surface area contributed by atoms with E-state index in [1.807, 2.05) is 91.0 Å². The lowest BCUT2D eigenvalue weighted by atomic mass is 9.85. The third kappa shape index (κ3) is 16.3. The van der Waals surface area contributed by atoms with Crippen LogP contribution in [0, 0.1) is 0 Å². The maximum atomic E-state index is 6.41. The Kier molecular flexibility index (Phi) is 21.7. The second-order valence-electron chi connectivity index (χ2n) is 32.5. The van der Waals surface area contributed by atoms with Crippen molar-refractivity contribution in [2.45, 2.75) is 0 Å². The zero-order valence-corrected chi connectivity index (χ0v) is 72.0. The minimum Gasteiger partial charge on any atom is -0.576 e. The van der Waals surface area contributed by atoms with Gasteiger partial charge >= 0.3 is 15.1 Å². The van der Waals surface area contributed by atoms with Gasteiger partial charge in [-0.05, 0) is 246 Å². The summed E-state index contributed by atoms with van der Waals surface area (Å²) in [7, 11) is 0. The molecule has 24 aromatic rings. The SMILES string of the molecule is C(=Cc1ccc(N(c2ccc3ccccc3c2)c2ccc3ccccc3c2)cc1)c1ccc(N(c2ccc3ccccc3c2)c2ccc3ccccc3c2)cc1.c1ccc2cc(-c3c4ccccc4c(-c4ccc(-c5cccc6ccccc56)cc4)c4ccccc34)ccc2c1.c1cnc2c([O][Al]([O]c3cccc4cccnc34)[O]c3cccc4cccnc34)cccc2c1. The summed E-state index contributed by atoms with van der Waals surface area (Å²) >= 11 is -2.86. The van der Waals surface area contributed by atoms with Crippen LogP contribution in [0.15, 0.2) is 486 Å². The van der Waals surface area contributed by atoms with Crippen molar-refractivity contribution in [3.05, 3.63) is 497 Å². The Morgan fingerprint density at radius 3 is 0.838 bits per heavy atom. The highest BCUT2D eigenvalue weighted by Gasteiger charge is 2.46. The molecule has 0 atom stereocenters. The Bertz CT molecular complexity index is 7760. The predicted octanol–water partition coefficient (Wildman–Crippen LogP) is 32.6. The van der Waals surface area contributed by atoms with Crippen LogP contribution in [0.3, 0.4) is 0 Å². The molecule has 3 heterocycles. The molecule has 0 bridgehead atoms. The number of rotatable bonds is 17. The van der Waals surface area contributed by atoms with Crippen molar-refractivity contribution < 1.29 is 11.4 Å². The molecule has 3 aromatic heterocycles. The molecular weight excluding hydrogens is 1600 g/mol. The lowest BCUT2D eigenvalue weighted by Gasteiger charge is -2.26. The summed E-state index contributed by atoms with van der Waals surface area (Å²) in [4.78, 5) is 18.2. The molecular formula is C121H82AlN5O3. The van der Waals surface area contributed by atoms with Crippen LogP contribution in [0.25, 0.3) is 164 Å². The van der Waals surface area contributed by atoms with Gasteiger partial charge in [-0.1, -0.05) is 364 Å².